The molecule has 0 aromatic heterocycles. The molecule has 2 saturated carbocycles. The Hall–Kier alpha value is -1.87. The number of esters is 1. The van der Waals surface area contributed by atoms with Crippen LogP contribution in [0.2, 0.25) is 0 Å². The van der Waals surface area contributed by atoms with E-state index in [-0.39, 0.29) is 22.9 Å². The van der Waals surface area contributed by atoms with Gasteiger partial charge in [-0.2, -0.15) is 0 Å². The molecule has 4 atom stereocenters. The van der Waals surface area contributed by atoms with Gasteiger partial charge in [-0.25, -0.2) is 4.79 Å². The molecule has 3 rings (SSSR count). The first kappa shape index (κ1) is 22.8. The number of carbonyl (C=O) groups excluding carboxylic acids is 1. The molecule has 1 aromatic carbocycles. The molecule has 3 nitrogen and oxygen atoms in total. The van der Waals surface area contributed by atoms with Crippen LogP contribution in [0, 0.1) is 22.7 Å². The van der Waals surface area contributed by atoms with Gasteiger partial charge in [0.15, 0.2) is 0 Å². The first-order valence-corrected chi connectivity index (χ1v) is 11.4. The van der Waals surface area contributed by atoms with Crippen molar-refractivity contribution in [2.24, 2.45) is 22.7 Å². The number of hydrogen-bond acceptors (Lipinski definition) is 3. The van der Waals surface area contributed by atoms with Crippen LogP contribution in [0.4, 0.5) is 0 Å². The highest BCUT2D eigenvalue weighted by Crippen LogP contribution is 2.61. The first-order chi connectivity index (χ1) is 14.2. The van der Waals surface area contributed by atoms with Crippen LogP contribution in [0.5, 0.6) is 0 Å². The van der Waals surface area contributed by atoms with Gasteiger partial charge in [-0.3, -0.25) is 0 Å². The first-order valence-electron chi connectivity index (χ1n) is 11.4. The minimum absolute atomic E-state index is 0.0392. The van der Waals surface area contributed by atoms with Crippen LogP contribution in [0.15, 0.2) is 54.1 Å². The molecule has 0 unspecified atom stereocenters. The van der Waals surface area contributed by atoms with Crippen molar-refractivity contribution in [2.75, 3.05) is 6.61 Å². The second kappa shape index (κ2) is 9.09. The van der Waals surface area contributed by atoms with Crippen LogP contribution < -0.4 is 0 Å². The molecule has 30 heavy (non-hydrogen) atoms. The predicted molar refractivity (Wildman–Crippen MR) is 122 cm³/mol. The van der Waals surface area contributed by atoms with Gasteiger partial charge in [0.05, 0.1) is 11.7 Å². The summed E-state index contributed by atoms with van der Waals surface area (Å²) in [6, 6.07) is 9.11. The summed E-state index contributed by atoms with van der Waals surface area (Å²) in [6.45, 7) is 13.8. The van der Waals surface area contributed by atoms with Gasteiger partial charge in [0, 0.05) is 0 Å². The van der Waals surface area contributed by atoms with Crippen LogP contribution in [0.3, 0.4) is 0 Å². The summed E-state index contributed by atoms with van der Waals surface area (Å²) in [5.74, 6) is 0.734. The maximum Gasteiger partial charge on any atom is 0.338 e. The van der Waals surface area contributed by atoms with Gasteiger partial charge in [0.1, 0.15) is 6.61 Å². The summed E-state index contributed by atoms with van der Waals surface area (Å²) in [5.41, 5.74) is 3.39. The molecule has 0 heterocycles. The zero-order valence-electron chi connectivity index (χ0n) is 19.1. The van der Waals surface area contributed by atoms with E-state index in [4.69, 9.17) is 4.74 Å². The standard InChI is InChI=1S/C27H38O3/c1-19(16-18-30-25(29)21-9-7-6-8-10-21)11-13-22-20(2)12-14-23-26(3,4)24(28)15-17-27(22,23)5/h6-10,16,22-24,28H,2,11-15,17-18H2,1,3-5H3/b19-16+/t22-,23-,24-,27+/m0/s1. The Bertz CT molecular complexity index is 792. The fraction of sp³-hybridized carbons (Fsp3) is 0.593. The Balaban J connectivity index is 1.59. The van der Waals surface area contributed by atoms with E-state index in [0.717, 1.165) is 38.5 Å². The van der Waals surface area contributed by atoms with E-state index in [1.807, 2.05) is 24.3 Å². The molecule has 0 spiro atoms. The number of aliphatic hydroxyl groups excluding tert-OH is 1. The van der Waals surface area contributed by atoms with Gasteiger partial charge in [-0.1, -0.05) is 56.7 Å². The third kappa shape index (κ3) is 4.56. The van der Waals surface area contributed by atoms with Crippen molar-refractivity contribution in [2.45, 2.75) is 72.3 Å². The van der Waals surface area contributed by atoms with Crippen LogP contribution in [0.1, 0.15) is 76.6 Å². The molecule has 0 aliphatic heterocycles. The maximum absolute atomic E-state index is 12.1. The average Bonchev–Trinajstić information content (AvgIpc) is 2.71. The Labute approximate surface area is 182 Å². The topological polar surface area (TPSA) is 46.5 Å². The fourth-order valence-corrected chi connectivity index (χ4v) is 6.09. The third-order valence-corrected chi connectivity index (χ3v) is 8.04. The van der Waals surface area contributed by atoms with Crippen molar-refractivity contribution in [3.8, 4) is 0 Å². The Morgan fingerprint density at radius 2 is 1.93 bits per heavy atom. The lowest BCUT2D eigenvalue weighted by Gasteiger charge is -2.59. The molecule has 1 N–H and O–H groups in total. The monoisotopic (exact) mass is 410 g/mol. The molecule has 2 aliphatic carbocycles. The van der Waals surface area contributed by atoms with Crippen molar-refractivity contribution in [1.29, 1.82) is 0 Å². The Morgan fingerprint density at radius 1 is 1.23 bits per heavy atom. The SMILES string of the molecule is C=C1CC[C@H]2C(C)(C)[C@@H](O)CC[C@]2(C)[C@H]1CC/C(C)=C/COC(=O)c1ccccc1. The van der Waals surface area contributed by atoms with Crippen molar-refractivity contribution in [3.05, 3.63) is 59.7 Å². The highest BCUT2D eigenvalue weighted by molar-refractivity contribution is 5.89. The number of allylic oxidation sites excluding steroid dienone is 2. The van der Waals surface area contributed by atoms with Crippen LogP contribution in [0.25, 0.3) is 0 Å². The second-order valence-electron chi connectivity index (χ2n) is 10.2. The molecule has 164 valence electrons. The fourth-order valence-electron chi connectivity index (χ4n) is 6.09. The van der Waals surface area contributed by atoms with Crippen LogP contribution in [-0.4, -0.2) is 23.8 Å². The number of fused-ring (bicyclic) bond motifs is 1. The Morgan fingerprint density at radius 3 is 2.63 bits per heavy atom. The average molecular weight is 411 g/mol. The summed E-state index contributed by atoms with van der Waals surface area (Å²) < 4.78 is 5.40. The van der Waals surface area contributed by atoms with Gasteiger partial charge in [-0.15, -0.1) is 0 Å². The quantitative estimate of drug-likeness (QED) is 0.440. The number of hydrogen-bond donors (Lipinski definition) is 1. The van der Waals surface area contributed by atoms with E-state index in [1.165, 1.54) is 11.1 Å². The summed E-state index contributed by atoms with van der Waals surface area (Å²) in [7, 11) is 0. The van der Waals surface area contributed by atoms with Crippen LogP contribution in [-0.2, 0) is 4.74 Å². The minimum atomic E-state index is -0.279. The van der Waals surface area contributed by atoms with Gasteiger partial charge < -0.3 is 9.84 Å². The molecule has 3 heteroatoms. The van der Waals surface area contributed by atoms with E-state index in [0.29, 0.717) is 24.0 Å². The second-order valence-corrected chi connectivity index (χ2v) is 10.2. The van der Waals surface area contributed by atoms with Gasteiger partial charge in [0.2, 0.25) is 0 Å². The molecule has 1 aromatic rings. The molecular formula is C27H38O3. The zero-order chi connectivity index (χ0) is 21.9. The summed E-state index contributed by atoms with van der Waals surface area (Å²) in [4.78, 5) is 12.1. The zero-order valence-corrected chi connectivity index (χ0v) is 19.1. The van der Waals surface area contributed by atoms with E-state index < -0.39 is 0 Å². The number of ether oxygens (including phenoxy) is 1. The lowest BCUT2D eigenvalue weighted by molar-refractivity contribution is -0.124. The van der Waals surface area contributed by atoms with Crippen molar-refractivity contribution in [1.82, 2.24) is 0 Å². The molecule has 2 aliphatic rings. The smallest absolute Gasteiger partial charge is 0.338 e. The van der Waals surface area contributed by atoms with E-state index in [2.05, 4.69) is 34.3 Å². The molecule has 0 saturated heterocycles. The maximum atomic E-state index is 12.1. The number of carbonyl (C=O) groups is 1. The minimum Gasteiger partial charge on any atom is -0.458 e. The highest BCUT2D eigenvalue weighted by atomic mass is 16.5. The third-order valence-electron chi connectivity index (χ3n) is 8.04. The Kier molecular flexibility index (Phi) is 6.91. The highest BCUT2D eigenvalue weighted by Gasteiger charge is 2.55. The molecule has 0 amide bonds. The number of rotatable bonds is 6. The predicted octanol–water partition coefficient (Wildman–Crippen LogP) is 6.34. The summed E-state index contributed by atoms with van der Waals surface area (Å²) in [6.07, 6.45) is 8.05. The lowest BCUT2D eigenvalue weighted by atomic mass is 9.46. The molecule has 0 bridgehead atoms. The summed E-state index contributed by atoms with van der Waals surface area (Å²) in [5, 5.41) is 10.6. The van der Waals surface area contributed by atoms with Gasteiger partial charge >= 0.3 is 5.97 Å². The lowest BCUT2D eigenvalue weighted by Crippen LogP contribution is -2.54. The number of aliphatic hydroxyl groups is 1. The van der Waals surface area contributed by atoms with Crippen molar-refractivity contribution in [3.63, 3.8) is 0 Å². The largest absolute Gasteiger partial charge is 0.458 e. The molecule has 2 fully saturated rings. The van der Waals surface area contributed by atoms with Crippen molar-refractivity contribution >= 4 is 5.97 Å². The molecule has 0 radical (unpaired) electrons. The molecular weight excluding hydrogens is 372 g/mol. The normalized spacial score (nSPS) is 31.2. The van der Waals surface area contributed by atoms with Gasteiger partial charge in [0.25, 0.3) is 0 Å². The van der Waals surface area contributed by atoms with E-state index >= 15 is 0 Å². The van der Waals surface area contributed by atoms with Crippen LogP contribution >= 0.6 is 0 Å². The summed E-state index contributed by atoms with van der Waals surface area (Å²) >= 11 is 0. The van der Waals surface area contributed by atoms with E-state index in [9.17, 15) is 9.90 Å². The van der Waals surface area contributed by atoms with Gasteiger partial charge in [-0.05, 0) is 86.3 Å². The van der Waals surface area contributed by atoms with E-state index in [1.54, 1.807) is 12.1 Å². The number of benzene rings is 1. The van der Waals surface area contributed by atoms with Crippen molar-refractivity contribution < 1.29 is 14.6 Å².